The van der Waals surface area contributed by atoms with Crippen molar-refractivity contribution < 1.29 is 4.74 Å². The SMILES string of the molecule is c1csc(C2OCCC3CC32)c1. The molecule has 64 valence electrons. The maximum Gasteiger partial charge on any atom is 0.0947 e. The fourth-order valence-electron chi connectivity index (χ4n) is 2.19. The zero-order chi connectivity index (χ0) is 7.97. The second-order valence-electron chi connectivity index (χ2n) is 3.76. The van der Waals surface area contributed by atoms with E-state index in [0.29, 0.717) is 6.10 Å². The fourth-order valence-corrected chi connectivity index (χ4v) is 3.04. The molecule has 0 spiro atoms. The Bertz CT molecular complexity index is 267. The summed E-state index contributed by atoms with van der Waals surface area (Å²) in [5.41, 5.74) is 0. The molecule has 1 aliphatic carbocycles. The molecule has 0 aromatic carbocycles. The molecule has 3 unspecified atom stereocenters. The van der Waals surface area contributed by atoms with Crippen LogP contribution in [-0.2, 0) is 4.74 Å². The second-order valence-corrected chi connectivity index (χ2v) is 4.73. The third-order valence-electron chi connectivity index (χ3n) is 2.98. The number of hydrogen-bond donors (Lipinski definition) is 0. The Morgan fingerprint density at radius 2 is 2.50 bits per heavy atom. The standard InChI is InChI=1S/C10H12OS/c1-2-9(12-5-1)10-8-6-7(8)3-4-11-10/h1-2,5,7-8,10H,3-4,6H2. The van der Waals surface area contributed by atoms with Crippen LogP contribution in [0.1, 0.15) is 23.8 Å². The molecule has 2 fully saturated rings. The minimum atomic E-state index is 0.448. The van der Waals surface area contributed by atoms with Gasteiger partial charge in [-0.3, -0.25) is 0 Å². The minimum absolute atomic E-state index is 0.448. The van der Waals surface area contributed by atoms with Crippen LogP contribution >= 0.6 is 11.3 Å². The summed E-state index contributed by atoms with van der Waals surface area (Å²) in [4.78, 5) is 1.43. The third-order valence-corrected chi connectivity index (χ3v) is 3.91. The van der Waals surface area contributed by atoms with Crippen LogP contribution in [-0.4, -0.2) is 6.61 Å². The average molecular weight is 180 g/mol. The summed E-state index contributed by atoms with van der Waals surface area (Å²) in [7, 11) is 0. The molecule has 1 aromatic rings. The van der Waals surface area contributed by atoms with E-state index in [9.17, 15) is 0 Å². The van der Waals surface area contributed by atoms with Crippen LogP contribution in [0.25, 0.3) is 0 Å². The molecule has 0 amide bonds. The molecular weight excluding hydrogens is 168 g/mol. The molecule has 12 heavy (non-hydrogen) atoms. The van der Waals surface area contributed by atoms with Crippen molar-refractivity contribution in [2.24, 2.45) is 11.8 Å². The summed E-state index contributed by atoms with van der Waals surface area (Å²) in [5.74, 6) is 1.85. The fraction of sp³-hybridized carbons (Fsp3) is 0.600. The maximum atomic E-state index is 5.79. The molecule has 1 aliphatic heterocycles. The predicted octanol–water partition coefficient (Wildman–Crippen LogP) is 2.85. The van der Waals surface area contributed by atoms with Gasteiger partial charge in [0.1, 0.15) is 0 Å². The molecule has 1 aromatic heterocycles. The Kier molecular flexibility index (Phi) is 1.52. The molecule has 0 radical (unpaired) electrons. The lowest BCUT2D eigenvalue weighted by atomic mass is 10.1. The molecule has 2 aliphatic rings. The van der Waals surface area contributed by atoms with Crippen LogP contribution in [0.4, 0.5) is 0 Å². The first kappa shape index (κ1) is 7.10. The minimum Gasteiger partial charge on any atom is -0.372 e. The number of ether oxygens (including phenoxy) is 1. The van der Waals surface area contributed by atoms with E-state index in [2.05, 4.69) is 17.5 Å². The zero-order valence-electron chi connectivity index (χ0n) is 6.90. The van der Waals surface area contributed by atoms with Crippen LogP contribution in [0.3, 0.4) is 0 Å². The van der Waals surface area contributed by atoms with Crippen molar-refractivity contribution in [3.8, 4) is 0 Å². The number of hydrogen-bond acceptors (Lipinski definition) is 2. The lowest BCUT2D eigenvalue weighted by molar-refractivity contribution is 0.00784. The van der Waals surface area contributed by atoms with Crippen LogP contribution in [0, 0.1) is 11.8 Å². The van der Waals surface area contributed by atoms with E-state index in [1.165, 1.54) is 17.7 Å². The lowest BCUT2D eigenvalue weighted by Crippen LogP contribution is -2.13. The van der Waals surface area contributed by atoms with E-state index in [4.69, 9.17) is 4.74 Å². The first-order valence-corrected chi connectivity index (χ1v) is 5.48. The molecule has 2 heteroatoms. The van der Waals surface area contributed by atoms with Gasteiger partial charge in [-0.1, -0.05) is 6.07 Å². The van der Waals surface area contributed by atoms with E-state index in [1.54, 1.807) is 0 Å². The van der Waals surface area contributed by atoms with Gasteiger partial charge in [-0.2, -0.15) is 0 Å². The van der Waals surface area contributed by atoms with Gasteiger partial charge in [0.05, 0.1) is 6.10 Å². The highest BCUT2D eigenvalue weighted by Crippen LogP contribution is 2.54. The third kappa shape index (κ3) is 1.02. The average Bonchev–Trinajstić information content (AvgIpc) is 2.70. The van der Waals surface area contributed by atoms with Gasteiger partial charge in [0.2, 0.25) is 0 Å². The normalized spacial score (nSPS) is 39.2. The van der Waals surface area contributed by atoms with E-state index >= 15 is 0 Å². The molecule has 3 atom stereocenters. The topological polar surface area (TPSA) is 9.23 Å². The summed E-state index contributed by atoms with van der Waals surface area (Å²) >= 11 is 1.83. The Morgan fingerprint density at radius 1 is 1.50 bits per heavy atom. The van der Waals surface area contributed by atoms with E-state index < -0.39 is 0 Å². The first-order chi connectivity index (χ1) is 5.95. The highest BCUT2D eigenvalue weighted by molar-refractivity contribution is 7.10. The van der Waals surface area contributed by atoms with Gasteiger partial charge in [-0.25, -0.2) is 0 Å². The van der Waals surface area contributed by atoms with E-state index in [1.807, 2.05) is 11.3 Å². The van der Waals surface area contributed by atoms with Crippen LogP contribution in [0.5, 0.6) is 0 Å². The Balaban J connectivity index is 1.84. The van der Waals surface area contributed by atoms with Crippen molar-refractivity contribution in [2.45, 2.75) is 18.9 Å². The molecule has 1 saturated carbocycles. The van der Waals surface area contributed by atoms with Crippen molar-refractivity contribution in [3.05, 3.63) is 22.4 Å². The zero-order valence-corrected chi connectivity index (χ0v) is 7.72. The molecule has 1 saturated heterocycles. The molecular formula is C10H12OS. The van der Waals surface area contributed by atoms with Gasteiger partial charge < -0.3 is 4.74 Å². The Labute approximate surface area is 76.4 Å². The van der Waals surface area contributed by atoms with Crippen molar-refractivity contribution in [1.29, 1.82) is 0 Å². The molecule has 1 nitrogen and oxygen atoms in total. The molecule has 0 N–H and O–H groups in total. The highest BCUT2D eigenvalue weighted by Gasteiger charge is 2.46. The monoisotopic (exact) mass is 180 g/mol. The predicted molar refractivity (Wildman–Crippen MR) is 49.2 cm³/mol. The van der Waals surface area contributed by atoms with Gasteiger partial charge in [-0.15, -0.1) is 11.3 Å². The smallest absolute Gasteiger partial charge is 0.0947 e. The van der Waals surface area contributed by atoms with Crippen molar-refractivity contribution in [1.82, 2.24) is 0 Å². The largest absolute Gasteiger partial charge is 0.372 e. The number of rotatable bonds is 1. The summed E-state index contributed by atoms with van der Waals surface area (Å²) in [5, 5.41) is 2.14. The highest BCUT2D eigenvalue weighted by atomic mass is 32.1. The first-order valence-electron chi connectivity index (χ1n) is 4.60. The summed E-state index contributed by atoms with van der Waals surface area (Å²) in [6.07, 6.45) is 3.15. The van der Waals surface area contributed by atoms with Gasteiger partial charge in [0.15, 0.2) is 0 Å². The van der Waals surface area contributed by atoms with Crippen LogP contribution < -0.4 is 0 Å². The second kappa shape index (κ2) is 2.57. The number of fused-ring (bicyclic) bond motifs is 1. The molecule has 0 bridgehead atoms. The summed E-state index contributed by atoms with van der Waals surface area (Å²) in [6, 6.07) is 4.32. The van der Waals surface area contributed by atoms with Crippen LogP contribution in [0.15, 0.2) is 17.5 Å². The van der Waals surface area contributed by atoms with E-state index in [-0.39, 0.29) is 0 Å². The number of thiophene rings is 1. The maximum absolute atomic E-state index is 5.79. The summed E-state index contributed by atoms with van der Waals surface area (Å²) < 4.78 is 5.79. The van der Waals surface area contributed by atoms with Crippen molar-refractivity contribution in [3.63, 3.8) is 0 Å². The van der Waals surface area contributed by atoms with E-state index in [0.717, 1.165) is 18.4 Å². The lowest BCUT2D eigenvalue weighted by Gasteiger charge is -2.20. The Morgan fingerprint density at radius 3 is 3.33 bits per heavy atom. The Hall–Kier alpha value is -0.340. The quantitative estimate of drug-likeness (QED) is 0.645. The summed E-state index contributed by atoms with van der Waals surface area (Å²) in [6.45, 7) is 0.976. The van der Waals surface area contributed by atoms with Gasteiger partial charge in [0, 0.05) is 11.5 Å². The van der Waals surface area contributed by atoms with Gasteiger partial charge in [0.25, 0.3) is 0 Å². The van der Waals surface area contributed by atoms with Crippen LogP contribution in [0.2, 0.25) is 0 Å². The van der Waals surface area contributed by atoms with Crippen molar-refractivity contribution in [2.75, 3.05) is 6.61 Å². The van der Waals surface area contributed by atoms with Gasteiger partial charge >= 0.3 is 0 Å². The molecule has 2 heterocycles. The van der Waals surface area contributed by atoms with Gasteiger partial charge in [-0.05, 0) is 36.1 Å². The molecule has 3 rings (SSSR count). The van der Waals surface area contributed by atoms with Crippen molar-refractivity contribution >= 4 is 11.3 Å².